The van der Waals surface area contributed by atoms with E-state index >= 15 is 0 Å². The zero-order valence-electron chi connectivity index (χ0n) is 17.6. The minimum Gasteiger partial charge on any atom is -0.263 e. The summed E-state index contributed by atoms with van der Waals surface area (Å²) in [5.74, 6) is -1.13. The maximum Gasteiger partial charge on any atom is 0.313 e. The number of anilines is 1. The van der Waals surface area contributed by atoms with E-state index in [2.05, 4.69) is 16.6 Å². The molecule has 2 heterocycles. The molecule has 2 atom stereocenters. The quantitative estimate of drug-likeness (QED) is 0.585. The lowest BCUT2D eigenvalue weighted by atomic mass is 9.90. The van der Waals surface area contributed by atoms with Crippen LogP contribution in [0.5, 0.6) is 0 Å². The molecule has 0 aliphatic carbocycles. The number of halogens is 3. The highest BCUT2D eigenvalue weighted by molar-refractivity contribution is 6.41. The summed E-state index contributed by atoms with van der Waals surface area (Å²) in [6.45, 7) is 1.70. The van der Waals surface area contributed by atoms with E-state index in [9.17, 15) is 10.1 Å². The Morgan fingerprint density at radius 1 is 1.09 bits per heavy atom. The molecule has 0 aromatic heterocycles. The van der Waals surface area contributed by atoms with E-state index in [-0.39, 0.29) is 11.6 Å². The molecule has 2 aromatic rings. The number of carbonyl (C=O) groups is 1. The molecule has 0 saturated carbocycles. The predicted molar refractivity (Wildman–Crippen MR) is 128 cm³/mol. The van der Waals surface area contributed by atoms with Crippen LogP contribution in [0.3, 0.4) is 0 Å². The van der Waals surface area contributed by atoms with Gasteiger partial charge in [-0.25, -0.2) is 4.59 Å². The first-order chi connectivity index (χ1) is 15.3. The molecule has 1 amide bonds. The predicted octanol–water partition coefficient (Wildman–Crippen LogP) is 5.37. The van der Waals surface area contributed by atoms with E-state index < -0.39 is 12.0 Å². The number of hydrazone groups is 1. The first-order valence-corrected chi connectivity index (χ1v) is 11.6. The van der Waals surface area contributed by atoms with Crippen molar-refractivity contribution < 1.29 is 9.39 Å². The number of likely N-dealkylation sites (tertiary alicyclic amines) is 1. The summed E-state index contributed by atoms with van der Waals surface area (Å²) in [6, 6.07) is 14.0. The summed E-state index contributed by atoms with van der Waals surface area (Å²) in [5.41, 5.74) is 4.63. The number of hydrogen-bond acceptors (Lipinski definition) is 4. The molecule has 1 fully saturated rings. The second-order valence-corrected chi connectivity index (χ2v) is 9.65. The van der Waals surface area contributed by atoms with Crippen molar-refractivity contribution >= 4 is 52.1 Å². The largest absolute Gasteiger partial charge is 0.313 e. The van der Waals surface area contributed by atoms with Crippen LogP contribution < -0.4 is 10.4 Å². The van der Waals surface area contributed by atoms with Gasteiger partial charge in [0.05, 0.1) is 29.9 Å². The highest BCUT2D eigenvalue weighted by Gasteiger charge is 2.44. The van der Waals surface area contributed by atoms with Crippen molar-refractivity contribution in [1.82, 2.24) is 5.43 Å². The van der Waals surface area contributed by atoms with E-state index in [1.54, 1.807) is 35.3 Å². The lowest BCUT2D eigenvalue weighted by Gasteiger charge is -2.36. The number of amides is 1. The highest BCUT2D eigenvalue weighted by Crippen LogP contribution is 2.42. The Labute approximate surface area is 202 Å². The third-order valence-corrected chi connectivity index (χ3v) is 6.79. The Bertz CT molecular complexity index is 1090. The van der Waals surface area contributed by atoms with Crippen molar-refractivity contribution in [2.75, 3.05) is 25.1 Å². The van der Waals surface area contributed by atoms with Gasteiger partial charge in [-0.1, -0.05) is 46.9 Å². The molecule has 4 rings (SSSR count). The first kappa shape index (κ1) is 22.9. The average molecular weight is 492 g/mol. The van der Waals surface area contributed by atoms with Crippen LogP contribution in [0.25, 0.3) is 0 Å². The Kier molecular flexibility index (Phi) is 6.64. The third kappa shape index (κ3) is 4.57. The van der Waals surface area contributed by atoms with Gasteiger partial charge >= 0.3 is 5.91 Å². The van der Waals surface area contributed by atoms with Crippen LogP contribution in [0.4, 0.5) is 5.69 Å². The van der Waals surface area contributed by atoms with E-state index in [4.69, 9.17) is 34.8 Å². The minimum atomic E-state index is -0.792. The number of nitriles is 1. The van der Waals surface area contributed by atoms with Crippen molar-refractivity contribution in [1.29, 1.82) is 5.26 Å². The Hall–Kier alpha value is -2.30. The maximum atomic E-state index is 13.3. The molecule has 32 heavy (non-hydrogen) atoms. The smallest absolute Gasteiger partial charge is 0.263 e. The SMILES string of the molecule is C[N+]1(NC(=O)C2=NN(c3ccc(Cl)cc3Cl)[C@H](c3ccc(Cl)cc3)[C@@H]2C#N)CCCCC1. The number of nitrogens with zero attached hydrogens (tertiary/aromatic N) is 4. The van der Waals surface area contributed by atoms with Crippen molar-refractivity contribution in [2.45, 2.75) is 25.3 Å². The van der Waals surface area contributed by atoms with E-state index in [0.717, 1.165) is 37.9 Å². The molecule has 1 N–H and O–H groups in total. The summed E-state index contributed by atoms with van der Waals surface area (Å²) in [6.07, 6.45) is 3.25. The molecule has 0 bridgehead atoms. The van der Waals surface area contributed by atoms with Gasteiger partial charge in [-0.15, -0.1) is 0 Å². The molecule has 2 aliphatic heterocycles. The third-order valence-electron chi connectivity index (χ3n) is 6.00. The van der Waals surface area contributed by atoms with Crippen LogP contribution in [0, 0.1) is 17.2 Å². The second-order valence-electron chi connectivity index (χ2n) is 8.37. The summed E-state index contributed by atoms with van der Waals surface area (Å²) < 4.78 is 0.434. The molecule has 6 nitrogen and oxygen atoms in total. The fourth-order valence-electron chi connectivity index (χ4n) is 4.34. The molecule has 0 spiro atoms. The van der Waals surface area contributed by atoms with Gasteiger partial charge in [0.2, 0.25) is 0 Å². The summed E-state index contributed by atoms with van der Waals surface area (Å²) >= 11 is 18.6. The van der Waals surface area contributed by atoms with E-state index in [0.29, 0.717) is 25.3 Å². The zero-order chi connectivity index (χ0) is 22.9. The lowest BCUT2D eigenvalue weighted by molar-refractivity contribution is -0.947. The van der Waals surface area contributed by atoms with Gasteiger partial charge in [-0.05, 0) is 55.2 Å². The Morgan fingerprint density at radius 2 is 1.75 bits per heavy atom. The molecule has 1 saturated heterocycles. The second kappa shape index (κ2) is 9.29. The van der Waals surface area contributed by atoms with Gasteiger partial charge in [0.15, 0.2) is 0 Å². The van der Waals surface area contributed by atoms with Crippen LogP contribution in [-0.4, -0.2) is 36.3 Å². The van der Waals surface area contributed by atoms with Gasteiger partial charge in [-0.2, -0.15) is 15.8 Å². The van der Waals surface area contributed by atoms with Crippen LogP contribution in [0.15, 0.2) is 47.6 Å². The fraction of sp³-hybridized carbons (Fsp3) is 0.348. The molecule has 2 aliphatic rings. The van der Waals surface area contributed by atoms with Gasteiger partial charge in [0, 0.05) is 10.0 Å². The Balaban J connectivity index is 1.74. The molecular weight excluding hydrogens is 469 g/mol. The number of nitrogens with one attached hydrogen (secondary N) is 1. The Morgan fingerprint density at radius 3 is 2.38 bits per heavy atom. The van der Waals surface area contributed by atoms with Gasteiger partial charge in [0.1, 0.15) is 24.7 Å². The lowest BCUT2D eigenvalue weighted by Crippen LogP contribution is -2.61. The fourth-order valence-corrected chi connectivity index (χ4v) is 4.96. The maximum absolute atomic E-state index is 13.3. The standard InChI is InChI=1S/C23H22Cl3N5O/c1-31(11-3-2-4-12-31)29-23(32)21-18(14-27)22(15-5-7-16(24)8-6-15)30(28-21)20-10-9-17(25)13-19(20)26/h5-10,13,18,22H,2-4,11-12H2,1H3/p+1/t18-,22-/m1/s1. The number of rotatable bonds is 4. The minimum absolute atomic E-state index is 0.170. The van der Waals surface area contributed by atoms with Crippen molar-refractivity contribution in [3.05, 3.63) is 63.1 Å². The van der Waals surface area contributed by atoms with Crippen LogP contribution in [0.2, 0.25) is 15.1 Å². The number of benzene rings is 2. The van der Waals surface area contributed by atoms with Crippen molar-refractivity contribution in [2.24, 2.45) is 11.0 Å². The van der Waals surface area contributed by atoms with Gasteiger partial charge in [0.25, 0.3) is 0 Å². The summed E-state index contributed by atoms with van der Waals surface area (Å²) in [5, 5.41) is 17.8. The molecule has 0 unspecified atom stereocenters. The molecular formula is C23H23Cl3N5O+. The molecule has 166 valence electrons. The average Bonchev–Trinajstić information content (AvgIpc) is 3.14. The normalized spacial score (nSPS) is 22.2. The number of hydrogen-bond donors (Lipinski definition) is 1. The number of quaternary nitrogens is 1. The van der Waals surface area contributed by atoms with Crippen molar-refractivity contribution in [3.63, 3.8) is 0 Å². The van der Waals surface area contributed by atoms with E-state index in [1.165, 1.54) is 0 Å². The first-order valence-electron chi connectivity index (χ1n) is 10.5. The van der Waals surface area contributed by atoms with Crippen LogP contribution >= 0.6 is 34.8 Å². The van der Waals surface area contributed by atoms with Crippen LogP contribution in [0.1, 0.15) is 30.9 Å². The highest BCUT2D eigenvalue weighted by atomic mass is 35.5. The van der Waals surface area contributed by atoms with Gasteiger partial charge < -0.3 is 0 Å². The summed E-state index contributed by atoms with van der Waals surface area (Å²) in [4.78, 5) is 13.3. The number of carbonyl (C=O) groups excluding carboxylic acids is 1. The molecule has 9 heteroatoms. The van der Waals surface area contributed by atoms with Crippen LogP contribution in [-0.2, 0) is 4.79 Å². The molecule has 2 aromatic carbocycles. The monoisotopic (exact) mass is 490 g/mol. The summed E-state index contributed by atoms with van der Waals surface area (Å²) in [7, 11) is 2.00. The number of piperidine rings is 1. The van der Waals surface area contributed by atoms with E-state index in [1.807, 2.05) is 19.2 Å². The van der Waals surface area contributed by atoms with Gasteiger partial charge in [-0.3, -0.25) is 9.80 Å². The molecule has 0 radical (unpaired) electrons. The van der Waals surface area contributed by atoms with Crippen molar-refractivity contribution in [3.8, 4) is 6.07 Å². The topological polar surface area (TPSA) is 68.5 Å². The zero-order valence-corrected chi connectivity index (χ0v) is 19.8.